The second-order valence-electron chi connectivity index (χ2n) is 9.26. The van der Waals surface area contributed by atoms with Gasteiger partial charge >= 0.3 is 12.4 Å². The molecule has 0 aliphatic carbocycles. The van der Waals surface area contributed by atoms with E-state index in [0.717, 1.165) is 23.8 Å². The van der Waals surface area contributed by atoms with Crippen molar-refractivity contribution < 1.29 is 26.3 Å². The van der Waals surface area contributed by atoms with Crippen molar-refractivity contribution in [3.8, 4) is 5.82 Å². The van der Waals surface area contributed by atoms with Crippen LogP contribution in [0, 0.1) is 6.92 Å². The molecular weight excluding hydrogens is 498 g/mol. The molecule has 5 rings (SSSR count). The van der Waals surface area contributed by atoms with Crippen molar-refractivity contribution in [3.05, 3.63) is 77.5 Å². The number of aromatic amines is 1. The zero-order valence-electron chi connectivity index (χ0n) is 19.4. The monoisotopic (exact) mass is 518 g/mol. The van der Waals surface area contributed by atoms with Gasteiger partial charge in [0.2, 0.25) is 0 Å². The Labute approximate surface area is 202 Å². The highest BCUT2D eigenvalue weighted by Crippen LogP contribution is 2.37. The number of nitrogens with one attached hydrogen (secondary N) is 1. The van der Waals surface area contributed by atoms with Crippen LogP contribution < -0.4 is 10.6 Å². The standard InChI is InChI=1S/C25H20F6N4Si/c1-14-7-9-18-16(11-14)17-12-15(24(26,27)28)8-10-19(17)35(18)21-5-4-6-22(32-21)36(2,3)23-13-20(33-34-23)25(29,30)31/h4-13H,1-3H3,(H,33,34). The molecule has 0 aliphatic rings. The fourth-order valence-corrected chi connectivity index (χ4v) is 6.38. The number of aromatic nitrogens is 4. The van der Waals surface area contributed by atoms with Crippen molar-refractivity contribution in [2.24, 2.45) is 0 Å². The third-order valence-electron chi connectivity index (χ3n) is 6.38. The Balaban J connectivity index is 1.70. The molecule has 0 aliphatic heterocycles. The molecular formula is C25H20F6N4Si. The number of alkyl halides is 6. The average Bonchev–Trinajstić information content (AvgIpc) is 3.42. The number of pyridine rings is 1. The molecule has 0 fully saturated rings. The Kier molecular flexibility index (Phi) is 5.33. The number of benzene rings is 2. The van der Waals surface area contributed by atoms with Crippen LogP contribution >= 0.6 is 0 Å². The molecule has 3 aromatic heterocycles. The van der Waals surface area contributed by atoms with E-state index in [1.54, 1.807) is 22.8 Å². The minimum absolute atomic E-state index is 0.298. The van der Waals surface area contributed by atoms with Crippen molar-refractivity contribution >= 4 is 40.5 Å². The summed E-state index contributed by atoms with van der Waals surface area (Å²) in [5, 5.41) is 7.98. The Morgan fingerprint density at radius 2 is 1.44 bits per heavy atom. The van der Waals surface area contributed by atoms with E-state index >= 15 is 0 Å². The van der Waals surface area contributed by atoms with E-state index in [2.05, 4.69) is 10.2 Å². The van der Waals surface area contributed by atoms with Gasteiger partial charge in [-0.3, -0.25) is 9.67 Å². The van der Waals surface area contributed by atoms with Crippen molar-refractivity contribution in [2.75, 3.05) is 0 Å². The molecule has 0 spiro atoms. The molecule has 186 valence electrons. The Morgan fingerprint density at radius 1 is 0.778 bits per heavy atom. The summed E-state index contributed by atoms with van der Waals surface area (Å²) in [5.74, 6) is 0.461. The molecule has 0 unspecified atom stereocenters. The first kappa shape index (κ1) is 24.1. The highest BCUT2D eigenvalue weighted by atomic mass is 28.3. The van der Waals surface area contributed by atoms with Gasteiger partial charge in [0, 0.05) is 16.1 Å². The highest BCUT2D eigenvalue weighted by molar-refractivity contribution is 6.99. The van der Waals surface area contributed by atoms with Crippen LogP contribution in [0.2, 0.25) is 13.1 Å². The molecule has 11 heteroatoms. The number of aryl methyl sites for hydroxylation is 1. The first-order chi connectivity index (χ1) is 16.8. The van der Waals surface area contributed by atoms with Crippen LogP contribution in [0.3, 0.4) is 0 Å². The number of halogens is 6. The predicted octanol–water partition coefficient (Wildman–Crippen LogP) is 6.07. The normalized spacial score (nSPS) is 13.1. The number of hydrogen-bond acceptors (Lipinski definition) is 2. The van der Waals surface area contributed by atoms with Gasteiger partial charge in [0.25, 0.3) is 0 Å². The van der Waals surface area contributed by atoms with Crippen molar-refractivity contribution in [1.82, 2.24) is 19.7 Å². The van der Waals surface area contributed by atoms with E-state index in [9.17, 15) is 26.3 Å². The molecule has 3 heterocycles. The summed E-state index contributed by atoms with van der Waals surface area (Å²) in [4.78, 5) is 4.80. The number of H-pyrrole nitrogens is 1. The second kappa shape index (κ2) is 7.95. The zero-order valence-corrected chi connectivity index (χ0v) is 20.4. The van der Waals surface area contributed by atoms with Crippen LogP contribution in [0.25, 0.3) is 27.6 Å². The molecule has 0 atom stereocenters. The molecule has 0 amide bonds. The van der Waals surface area contributed by atoms with Crippen molar-refractivity contribution in [1.29, 1.82) is 0 Å². The third-order valence-corrected chi connectivity index (χ3v) is 9.47. The minimum atomic E-state index is -4.54. The zero-order chi connectivity index (χ0) is 26.0. The van der Waals surface area contributed by atoms with Crippen LogP contribution in [-0.2, 0) is 12.4 Å². The molecule has 2 aromatic carbocycles. The van der Waals surface area contributed by atoms with E-state index < -0.39 is 31.7 Å². The summed E-state index contributed by atoms with van der Waals surface area (Å²) >= 11 is 0. The number of hydrogen-bond donors (Lipinski definition) is 1. The van der Waals surface area contributed by atoms with Gasteiger partial charge in [0.1, 0.15) is 11.5 Å². The quantitative estimate of drug-likeness (QED) is 0.233. The Morgan fingerprint density at radius 3 is 2.08 bits per heavy atom. The lowest BCUT2D eigenvalue weighted by Gasteiger charge is -2.20. The van der Waals surface area contributed by atoms with Crippen LogP contribution in [0.15, 0.2) is 60.7 Å². The maximum atomic E-state index is 13.5. The molecule has 36 heavy (non-hydrogen) atoms. The molecule has 0 saturated heterocycles. The minimum Gasteiger partial charge on any atom is -0.294 e. The van der Waals surface area contributed by atoms with E-state index in [4.69, 9.17) is 4.98 Å². The third kappa shape index (κ3) is 3.96. The van der Waals surface area contributed by atoms with Crippen LogP contribution in [0.4, 0.5) is 26.3 Å². The van der Waals surface area contributed by atoms with Gasteiger partial charge in [-0.15, -0.1) is 0 Å². The lowest BCUT2D eigenvalue weighted by molar-refractivity contribution is -0.141. The van der Waals surface area contributed by atoms with Gasteiger partial charge in [-0.05, 0) is 55.5 Å². The first-order valence-corrected chi connectivity index (χ1v) is 14.0. The molecule has 1 N–H and O–H groups in total. The van der Waals surface area contributed by atoms with Gasteiger partial charge in [-0.25, -0.2) is 4.98 Å². The number of fused-ring (bicyclic) bond motifs is 3. The van der Waals surface area contributed by atoms with Gasteiger partial charge in [0.15, 0.2) is 8.07 Å². The summed E-state index contributed by atoms with van der Waals surface area (Å²) in [5.41, 5.74) is 0.454. The molecule has 0 radical (unpaired) electrons. The van der Waals surface area contributed by atoms with Gasteiger partial charge < -0.3 is 0 Å². The van der Waals surface area contributed by atoms with Crippen molar-refractivity contribution in [3.63, 3.8) is 0 Å². The second-order valence-corrected chi connectivity index (χ2v) is 13.5. The smallest absolute Gasteiger partial charge is 0.294 e. The van der Waals surface area contributed by atoms with E-state index in [1.165, 1.54) is 6.07 Å². The fraction of sp³-hybridized carbons (Fsp3) is 0.200. The Hall–Kier alpha value is -3.60. The summed E-state index contributed by atoms with van der Waals surface area (Å²) in [6.45, 7) is 5.56. The molecule has 0 saturated carbocycles. The van der Waals surface area contributed by atoms with Crippen LogP contribution in [-0.4, -0.2) is 27.8 Å². The van der Waals surface area contributed by atoms with E-state index in [0.29, 0.717) is 38.3 Å². The lowest BCUT2D eigenvalue weighted by atomic mass is 10.1. The van der Waals surface area contributed by atoms with Gasteiger partial charge in [-0.2, -0.15) is 31.4 Å². The van der Waals surface area contributed by atoms with Gasteiger partial charge in [-0.1, -0.05) is 30.8 Å². The molecule has 0 bridgehead atoms. The fourth-order valence-electron chi connectivity index (χ4n) is 4.37. The highest BCUT2D eigenvalue weighted by Gasteiger charge is 2.38. The van der Waals surface area contributed by atoms with Crippen molar-refractivity contribution in [2.45, 2.75) is 32.4 Å². The number of rotatable bonds is 3. The average molecular weight is 519 g/mol. The van der Waals surface area contributed by atoms with E-state index in [-0.39, 0.29) is 0 Å². The summed E-state index contributed by atoms with van der Waals surface area (Å²) in [7, 11) is -2.75. The maximum absolute atomic E-state index is 13.5. The summed E-state index contributed by atoms with van der Waals surface area (Å²) < 4.78 is 81.5. The lowest BCUT2D eigenvalue weighted by Crippen LogP contribution is -2.55. The predicted molar refractivity (Wildman–Crippen MR) is 129 cm³/mol. The molecule has 5 aromatic rings. The Bertz CT molecular complexity index is 1610. The molecule has 4 nitrogen and oxygen atoms in total. The van der Waals surface area contributed by atoms with Crippen LogP contribution in [0.1, 0.15) is 16.8 Å². The van der Waals surface area contributed by atoms with Crippen LogP contribution in [0.5, 0.6) is 0 Å². The SMILES string of the molecule is Cc1ccc2c(c1)c1cc(C(F)(F)F)ccc1n2-c1cccc([Si](C)(C)c2cc(C(F)(F)F)[nH]n2)n1. The number of nitrogens with zero attached hydrogens (tertiary/aromatic N) is 3. The first-order valence-electron chi connectivity index (χ1n) is 11.0. The maximum Gasteiger partial charge on any atom is 0.432 e. The van der Waals surface area contributed by atoms with Gasteiger partial charge in [0.05, 0.1) is 21.9 Å². The topological polar surface area (TPSA) is 46.5 Å². The van der Waals surface area contributed by atoms with E-state index in [1.807, 2.05) is 38.2 Å². The largest absolute Gasteiger partial charge is 0.432 e. The summed E-state index contributed by atoms with van der Waals surface area (Å²) in [6.07, 6.45) is -9.03. The summed E-state index contributed by atoms with van der Waals surface area (Å²) in [6, 6.07) is 15.4.